The zero-order chi connectivity index (χ0) is 13.1. The van der Waals surface area contributed by atoms with Crippen molar-refractivity contribution in [2.24, 2.45) is 0 Å². The third kappa shape index (κ3) is 2.91. The van der Waals surface area contributed by atoms with Gasteiger partial charge in [0.25, 0.3) is 0 Å². The van der Waals surface area contributed by atoms with E-state index in [1.54, 1.807) is 0 Å². The lowest BCUT2D eigenvalue weighted by Crippen LogP contribution is -2.55. The number of likely N-dealkylation sites (N-methyl/N-ethyl adjacent to an activating group) is 1. The van der Waals surface area contributed by atoms with Crippen molar-refractivity contribution >= 4 is 5.69 Å². The number of ether oxygens (including phenoxy) is 1. The summed E-state index contributed by atoms with van der Waals surface area (Å²) in [6, 6.07) is 9.48. The SMILES string of the molecule is CN(Cc1ccccc1N1CCOCC1)C1CNC1. The normalized spacial score (nSPS) is 20.6. The average Bonchev–Trinajstić information content (AvgIpc) is 2.38. The molecule has 3 rings (SSSR count). The molecule has 2 fully saturated rings. The van der Waals surface area contributed by atoms with E-state index >= 15 is 0 Å². The first-order valence-electron chi connectivity index (χ1n) is 7.16. The van der Waals surface area contributed by atoms with E-state index in [4.69, 9.17) is 4.74 Å². The summed E-state index contributed by atoms with van der Waals surface area (Å²) in [5, 5.41) is 3.34. The number of para-hydroxylation sites is 1. The van der Waals surface area contributed by atoms with Crippen LogP contribution in [0.5, 0.6) is 0 Å². The Morgan fingerprint density at radius 3 is 2.68 bits per heavy atom. The van der Waals surface area contributed by atoms with Crippen molar-refractivity contribution in [1.29, 1.82) is 0 Å². The van der Waals surface area contributed by atoms with Gasteiger partial charge in [-0.15, -0.1) is 0 Å². The van der Waals surface area contributed by atoms with Crippen molar-refractivity contribution in [3.63, 3.8) is 0 Å². The predicted molar refractivity (Wildman–Crippen MR) is 77.6 cm³/mol. The van der Waals surface area contributed by atoms with Gasteiger partial charge in [-0.25, -0.2) is 0 Å². The summed E-state index contributed by atoms with van der Waals surface area (Å²) in [6.07, 6.45) is 0. The number of hydrogen-bond acceptors (Lipinski definition) is 4. The van der Waals surface area contributed by atoms with Crippen LogP contribution in [0.4, 0.5) is 5.69 Å². The Kier molecular flexibility index (Phi) is 4.01. The number of nitrogens with one attached hydrogen (secondary N) is 1. The molecule has 0 unspecified atom stereocenters. The van der Waals surface area contributed by atoms with Crippen LogP contribution in [0, 0.1) is 0 Å². The molecule has 0 atom stereocenters. The molecule has 1 aromatic rings. The monoisotopic (exact) mass is 261 g/mol. The van der Waals surface area contributed by atoms with E-state index in [-0.39, 0.29) is 0 Å². The fourth-order valence-corrected chi connectivity index (χ4v) is 2.74. The fraction of sp³-hybridized carbons (Fsp3) is 0.600. The van der Waals surface area contributed by atoms with Crippen molar-refractivity contribution in [3.8, 4) is 0 Å². The van der Waals surface area contributed by atoms with E-state index in [1.807, 2.05) is 0 Å². The number of anilines is 1. The quantitative estimate of drug-likeness (QED) is 0.872. The Balaban J connectivity index is 1.72. The molecular formula is C15H23N3O. The van der Waals surface area contributed by atoms with Crippen LogP contribution in [-0.4, -0.2) is 57.4 Å². The van der Waals surface area contributed by atoms with Gasteiger partial charge in [0.05, 0.1) is 13.2 Å². The number of morpholine rings is 1. The summed E-state index contributed by atoms with van der Waals surface area (Å²) in [6.45, 7) is 6.97. The van der Waals surface area contributed by atoms with Gasteiger partial charge in [-0.2, -0.15) is 0 Å². The van der Waals surface area contributed by atoms with Crippen molar-refractivity contribution < 1.29 is 4.74 Å². The van der Waals surface area contributed by atoms with E-state index in [9.17, 15) is 0 Å². The number of nitrogens with zero attached hydrogens (tertiary/aromatic N) is 2. The van der Waals surface area contributed by atoms with Gasteiger partial charge in [0, 0.05) is 44.5 Å². The Bertz CT molecular complexity index is 414. The molecule has 19 heavy (non-hydrogen) atoms. The molecule has 0 radical (unpaired) electrons. The Labute approximate surface area is 115 Å². The molecule has 0 bridgehead atoms. The maximum atomic E-state index is 5.45. The second-order valence-electron chi connectivity index (χ2n) is 5.46. The van der Waals surface area contributed by atoms with E-state index in [0.717, 1.165) is 45.9 Å². The van der Waals surface area contributed by atoms with Crippen molar-refractivity contribution in [2.75, 3.05) is 51.3 Å². The lowest BCUT2D eigenvalue weighted by molar-refractivity contribution is 0.122. The van der Waals surface area contributed by atoms with Gasteiger partial charge in [0.15, 0.2) is 0 Å². The smallest absolute Gasteiger partial charge is 0.0642 e. The maximum absolute atomic E-state index is 5.45. The van der Waals surface area contributed by atoms with Gasteiger partial charge in [-0.3, -0.25) is 4.90 Å². The highest BCUT2D eigenvalue weighted by atomic mass is 16.5. The van der Waals surface area contributed by atoms with E-state index < -0.39 is 0 Å². The van der Waals surface area contributed by atoms with E-state index in [1.165, 1.54) is 11.3 Å². The van der Waals surface area contributed by atoms with Gasteiger partial charge in [0.1, 0.15) is 0 Å². The highest BCUT2D eigenvalue weighted by Crippen LogP contribution is 2.23. The van der Waals surface area contributed by atoms with Gasteiger partial charge >= 0.3 is 0 Å². The average molecular weight is 261 g/mol. The standard InChI is InChI=1S/C15H23N3O/c1-17(14-10-16-11-14)12-13-4-2-3-5-15(13)18-6-8-19-9-7-18/h2-5,14,16H,6-12H2,1H3. The molecule has 0 spiro atoms. The van der Waals surface area contributed by atoms with Crippen molar-refractivity contribution in [1.82, 2.24) is 10.2 Å². The van der Waals surface area contributed by atoms with Gasteiger partial charge < -0.3 is 15.0 Å². The van der Waals surface area contributed by atoms with Crippen molar-refractivity contribution in [2.45, 2.75) is 12.6 Å². The molecule has 1 aromatic carbocycles. The number of rotatable bonds is 4. The summed E-state index contributed by atoms with van der Waals surface area (Å²) < 4.78 is 5.45. The minimum atomic E-state index is 0.692. The molecule has 4 nitrogen and oxygen atoms in total. The highest BCUT2D eigenvalue weighted by Gasteiger charge is 2.22. The molecule has 0 aromatic heterocycles. The van der Waals surface area contributed by atoms with Crippen molar-refractivity contribution in [3.05, 3.63) is 29.8 Å². The van der Waals surface area contributed by atoms with Crippen LogP contribution in [0.25, 0.3) is 0 Å². The minimum absolute atomic E-state index is 0.692. The number of hydrogen-bond donors (Lipinski definition) is 1. The molecule has 0 amide bonds. The van der Waals surface area contributed by atoms with Crippen LogP contribution >= 0.6 is 0 Å². The zero-order valence-corrected chi connectivity index (χ0v) is 11.6. The molecule has 1 N–H and O–H groups in total. The largest absolute Gasteiger partial charge is 0.378 e. The predicted octanol–water partition coefficient (Wildman–Crippen LogP) is 0.927. The molecule has 0 saturated carbocycles. The first-order chi connectivity index (χ1) is 9.34. The third-order valence-corrected chi connectivity index (χ3v) is 4.15. The molecule has 2 aliphatic rings. The molecule has 4 heteroatoms. The summed E-state index contributed by atoms with van der Waals surface area (Å²) in [5.41, 5.74) is 2.81. The Morgan fingerprint density at radius 1 is 1.26 bits per heavy atom. The third-order valence-electron chi connectivity index (χ3n) is 4.15. The van der Waals surface area contributed by atoms with Gasteiger partial charge in [0.2, 0.25) is 0 Å². The zero-order valence-electron chi connectivity index (χ0n) is 11.6. The maximum Gasteiger partial charge on any atom is 0.0642 e. The van der Waals surface area contributed by atoms with E-state index in [2.05, 4.69) is 46.4 Å². The highest BCUT2D eigenvalue weighted by molar-refractivity contribution is 5.53. The summed E-state index contributed by atoms with van der Waals surface area (Å²) >= 11 is 0. The van der Waals surface area contributed by atoms with Gasteiger partial charge in [-0.05, 0) is 18.7 Å². The minimum Gasteiger partial charge on any atom is -0.378 e. The first kappa shape index (κ1) is 12.9. The summed E-state index contributed by atoms with van der Waals surface area (Å²) in [7, 11) is 2.22. The van der Waals surface area contributed by atoms with E-state index in [0.29, 0.717) is 6.04 Å². The van der Waals surface area contributed by atoms with Crippen LogP contribution in [0.3, 0.4) is 0 Å². The van der Waals surface area contributed by atoms with Crippen LogP contribution in [0.2, 0.25) is 0 Å². The Morgan fingerprint density at radius 2 is 2.00 bits per heavy atom. The molecule has 2 heterocycles. The topological polar surface area (TPSA) is 27.7 Å². The van der Waals surface area contributed by atoms with Gasteiger partial charge in [-0.1, -0.05) is 18.2 Å². The summed E-state index contributed by atoms with van der Waals surface area (Å²) in [5.74, 6) is 0. The van der Waals surface area contributed by atoms with Crippen LogP contribution in [0.15, 0.2) is 24.3 Å². The molecule has 2 aliphatic heterocycles. The first-order valence-corrected chi connectivity index (χ1v) is 7.16. The molecule has 0 aliphatic carbocycles. The summed E-state index contributed by atoms with van der Waals surface area (Å²) in [4.78, 5) is 4.90. The van der Waals surface area contributed by atoms with Crippen LogP contribution in [0.1, 0.15) is 5.56 Å². The molecular weight excluding hydrogens is 238 g/mol. The Hall–Kier alpha value is -1.10. The number of benzene rings is 1. The molecule has 2 saturated heterocycles. The van der Waals surface area contributed by atoms with Crippen LogP contribution in [-0.2, 0) is 11.3 Å². The lowest BCUT2D eigenvalue weighted by Gasteiger charge is -2.37. The lowest BCUT2D eigenvalue weighted by atomic mass is 10.1. The molecule has 104 valence electrons. The fourth-order valence-electron chi connectivity index (χ4n) is 2.74. The second-order valence-corrected chi connectivity index (χ2v) is 5.46. The van der Waals surface area contributed by atoms with Crippen LogP contribution < -0.4 is 10.2 Å². The second kappa shape index (κ2) is 5.90.